The average Bonchev–Trinajstić information content (AvgIpc) is 2.65. The number of nitrogens with zero attached hydrogens (tertiary/aromatic N) is 2. The number of hydrogen-bond acceptors (Lipinski definition) is 4. The van der Waals surface area contributed by atoms with E-state index >= 15 is 0 Å². The Morgan fingerprint density at radius 3 is 2.35 bits per heavy atom. The lowest BCUT2D eigenvalue weighted by Crippen LogP contribution is -2.35. The minimum Gasteiger partial charge on any atom is -0.325 e. The smallest absolute Gasteiger partial charge is 0.250 e. The van der Waals surface area contributed by atoms with Gasteiger partial charge in [-0.25, -0.2) is 8.42 Å². The quantitative estimate of drug-likeness (QED) is 0.861. The molecule has 1 aromatic heterocycles. The first-order valence-corrected chi connectivity index (χ1v) is 9.96. The Balaban J connectivity index is 1.67. The van der Waals surface area contributed by atoms with Crippen LogP contribution in [0, 0.1) is 0 Å². The summed E-state index contributed by atoms with van der Waals surface area (Å²) in [6.45, 7) is 0.993. The van der Waals surface area contributed by atoms with Gasteiger partial charge in [-0.1, -0.05) is 12.5 Å². The van der Waals surface area contributed by atoms with Gasteiger partial charge in [-0.05, 0) is 43.2 Å². The number of benzene rings is 1. The zero-order valence-electron chi connectivity index (χ0n) is 14.3. The monoisotopic (exact) mass is 375 g/mol. The second kappa shape index (κ2) is 7.84. The molecule has 1 aromatic carbocycles. The lowest BCUT2D eigenvalue weighted by atomic mass is 10.2. The van der Waals surface area contributed by atoms with Crippen LogP contribution in [0.4, 0.5) is 5.69 Å². The highest BCUT2D eigenvalue weighted by Crippen LogP contribution is 2.21. The molecule has 1 fully saturated rings. The summed E-state index contributed by atoms with van der Waals surface area (Å²) in [6, 6.07) is 10.8. The van der Waals surface area contributed by atoms with Crippen molar-refractivity contribution in [3.63, 3.8) is 0 Å². The fraction of sp³-hybridized carbons (Fsp3) is 0.333. The molecule has 2 heterocycles. The molecule has 0 unspecified atom stereocenters. The third kappa shape index (κ3) is 4.20. The SMILES string of the molecule is O=C(Cn1ccccc1=O)Nc1ccc(S(=O)(=O)N2CCCCC2)cc1. The molecule has 1 saturated heterocycles. The fourth-order valence-corrected chi connectivity index (χ4v) is 4.43. The Morgan fingerprint density at radius 1 is 1.00 bits per heavy atom. The van der Waals surface area contributed by atoms with E-state index in [1.165, 1.54) is 33.3 Å². The van der Waals surface area contributed by atoms with E-state index in [1.807, 2.05) is 0 Å². The van der Waals surface area contributed by atoms with Crippen molar-refractivity contribution in [2.75, 3.05) is 18.4 Å². The molecule has 0 bridgehead atoms. The number of pyridine rings is 1. The molecule has 7 nitrogen and oxygen atoms in total. The van der Waals surface area contributed by atoms with Crippen molar-refractivity contribution in [2.45, 2.75) is 30.7 Å². The third-order valence-electron chi connectivity index (χ3n) is 4.30. The molecule has 0 aliphatic carbocycles. The van der Waals surface area contributed by atoms with Crippen LogP contribution in [-0.2, 0) is 21.4 Å². The number of amides is 1. The van der Waals surface area contributed by atoms with E-state index in [0.717, 1.165) is 19.3 Å². The number of nitrogens with one attached hydrogen (secondary N) is 1. The summed E-state index contributed by atoms with van der Waals surface area (Å²) in [6.07, 6.45) is 4.36. The van der Waals surface area contributed by atoms with Gasteiger partial charge in [0.05, 0.1) is 4.90 Å². The number of rotatable bonds is 5. The Bertz CT molecular complexity index is 929. The molecule has 1 N–H and O–H groups in total. The topological polar surface area (TPSA) is 88.5 Å². The van der Waals surface area contributed by atoms with Crippen molar-refractivity contribution in [1.82, 2.24) is 8.87 Å². The second-order valence-electron chi connectivity index (χ2n) is 6.20. The summed E-state index contributed by atoms with van der Waals surface area (Å²) in [5, 5.41) is 2.67. The zero-order valence-corrected chi connectivity index (χ0v) is 15.1. The summed E-state index contributed by atoms with van der Waals surface area (Å²) in [5.74, 6) is -0.357. The summed E-state index contributed by atoms with van der Waals surface area (Å²) in [7, 11) is -3.49. The molecule has 1 amide bonds. The molecule has 2 aromatic rings. The second-order valence-corrected chi connectivity index (χ2v) is 8.14. The lowest BCUT2D eigenvalue weighted by molar-refractivity contribution is -0.116. The van der Waals surface area contributed by atoms with Crippen molar-refractivity contribution in [2.24, 2.45) is 0 Å². The van der Waals surface area contributed by atoms with Gasteiger partial charge in [0, 0.05) is 31.0 Å². The van der Waals surface area contributed by atoms with E-state index in [-0.39, 0.29) is 22.9 Å². The molecule has 1 aliphatic heterocycles. The maximum absolute atomic E-state index is 12.6. The van der Waals surface area contributed by atoms with Gasteiger partial charge in [-0.2, -0.15) is 4.31 Å². The first-order chi connectivity index (χ1) is 12.5. The van der Waals surface area contributed by atoms with Gasteiger partial charge in [-0.3, -0.25) is 9.59 Å². The van der Waals surface area contributed by atoms with Gasteiger partial charge in [0.1, 0.15) is 6.54 Å². The maximum Gasteiger partial charge on any atom is 0.250 e. The van der Waals surface area contributed by atoms with Crippen molar-refractivity contribution >= 4 is 21.6 Å². The molecule has 26 heavy (non-hydrogen) atoms. The van der Waals surface area contributed by atoms with E-state index in [1.54, 1.807) is 24.3 Å². The number of anilines is 1. The summed E-state index contributed by atoms with van der Waals surface area (Å²) < 4.78 is 28.0. The lowest BCUT2D eigenvalue weighted by Gasteiger charge is -2.25. The number of piperidine rings is 1. The van der Waals surface area contributed by atoms with E-state index in [0.29, 0.717) is 18.8 Å². The Kier molecular flexibility index (Phi) is 5.53. The highest BCUT2D eigenvalue weighted by atomic mass is 32.2. The van der Waals surface area contributed by atoms with Gasteiger partial charge in [0.25, 0.3) is 5.56 Å². The summed E-state index contributed by atoms with van der Waals surface area (Å²) in [4.78, 5) is 23.9. The minimum absolute atomic E-state index is 0.104. The number of aromatic nitrogens is 1. The Hall–Kier alpha value is -2.45. The van der Waals surface area contributed by atoms with Crippen molar-refractivity contribution < 1.29 is 13.2 Å². The van der Waals surface area contributed by atoms with Gasteiger partial charge < -0.3 is 9.88 Å². The standard InChI is InChI=1S/C18H21N3O4S/c22-17(14-20-11-5-2-6-18(20)23)19-15-7-9-16(10-8-15)26(24,25)21-12-3-1-4-13-21/h2,5-11H,1,3-4,12-14H2,(H,19,22). The maximum atomic E-state index is 12.6. The molecular weight excluding hydrogens is 354 g/mol. The van der Waals surface area contributed by atoms with E-state index in [4.69, 9.17) is 0 Å². The van der Waals surface area contributed by atoms with Crippen LogP contribution in [-0.4, -0.2) is 36.3 Å². The van der Waals surface area contributed by atoms with Crippen LogP contribution in [0.25, 0.3) is 0 Å². The van der Waals surface area contributed by atoms with Crippen molar-refractivity contribution in [3.8, 4) is 0 Å². The molecule has 3 rings (SSSR count). The van der Waals surface area contributed by atoms with Gasteiger partial charge in [0.2, 0.25) is 15.9 Å². The summed E-state index contributed by atoms with van der Waals surface area (Å²) >= 11 is 0. The average molecular weight is 375 g/mol. The number of sulfonamides is 1. The molecule has 138 valence electrons. The third-order valence-corrected chi connectivity index (χ3v) is 6.22. The predicted molar refractivity (Wildman–Crippen MR) is 98.4 cm³/mol. The van der Waals surface area contributed by atoms with Crippen LogP contribution in [0.3, 0.4) is 0 Å². The zero-order chi connectivity index (χ0) is 18.6. The van der Waals surface area contributed by atoms with Crippen molar-refractivity contribution in [3.05, 3.63) is 59.0 Å². The van der Waals surface area contributed by atoms with Gasteiger partial charge in [0.15, 0.2) is 0 Å². The van der Waals surface area contributed by atoms with Crippen LogP contribution < -0.4 is 10.9 Å². The van der Waals surface area contributed by atoms with E-state index < -0.39 is 10.0 Å². The van der Waals surface area contributed by atoms with Crippen LogP contribution >= 0.6 is 0 Å². The molecular formula is C18H21N3O4S. The number of carbonyl (C=O) groups excluding carboxylic acids is 1. The normalized spacial score (nSPS) is 15.5. The molecule has 0 spiro atoms. The van der Waals surface area contributed by atoms with E-state index in [2.05, 4.69) is 5.32 Å². The molecule has 1 aliphatic rings. The Morgan fingerprint density at radius 2 is 1.69 bits per heavy atom. The molecule has 0 saturated carbocycles. The largest absolute Gasteiger partial charge is 0.325 e. The molecule has 0 atom stereocenters. The Labute approximate surface area is 152 Å². The molecule has 0 radical (unpaired) electrons. The number of carbonyl (C=O) groups is 1. The highest BCUT2D eigenvalue weighted by Gasteiger charge is 2.25. The van der Waals surface area contributed by atoms with E-state index in [9.17, 15) is 18.0 Å². The summed E-state index contributed by atoms with van der Waals surface area (Å²) in [5.41, 5.74) is 0.224. The highest BCUT2D eigenvalue weighted by molar-refractivity contribution is 7.89. The number of hydrogen-bond donors (Lipinski definition) is 1. The van der Waals surface area contributed by atoms with Gasteiger partial charge >= 0.3 is 0 Å². The fourth-order valence-electron chi connectivity index (χ4n) is 2.91. The van der Waals surface area contributed by atoms with Crippen LogP contribution in [0.2, 0.25) is 0 Å². The first-order valence-electron chi connectivity index (χ1n) is 8.52. The van der Waals surface area contributed by atoms with Crippen molar-refractivity contribution in [1.29, 1.82) is 0 Å². The molecule has 8 heteroatoms. The van der Waals surface area contributed by atoms with Crippen LogP contribution in [0.5, 0.6) is 0 Å². The van der Waals surface area contributed by atoms with Crippen LogP contribution in [0.1, 0.15) is 19.3 Å². The van der Waals surface area contributed by atoms with Gasteiger partial charge in [-0.15, -0.1) is 0 Å². The van der Waals surface area contributed by atoms with Crippen LogP contribution in [0.15, 0.2) is 58.4 Å². The predicted octanol–water partition coefficient (Wildman–Crippen LogP) is 1.66. The first kappa shape index (κ1) is 18.3. The minimum atomic E-state index is -3.49.